The number of benzene rings is 1. The number of rotatable bonds is 5. The van der Waals surface area contributed by atoms with Crippen molar-refractivity contribution in [2.45, 2.75) is 26.3 Å². The molecule has 22 heavy (non-hydrogen) atoms. The standard InChI is InChI=1S/C15H20N2O5/c1-9(2)6-11(14(18)20-3)17-15(19)16-10-4-5-12-13(7-10)22-8-21-12/h4-5,7,9,11H,6,8H2,1-3H3,(H2,16,17,19). The van der Waals surface area contributed by atoms with E-state index in [1.165, 1.54) is 7.11 Å². The predicted molar refractivity (Wildman–Crippen MR) is 80.0 cm³/mol. The van der Waals surface area contributed by atoms with Gasteiger partial charge >= 0.3 is 12.0 Å². The fourth-order valence-corrected chi connectivity index (χ4v) is 2.13. The van der Waals surface area contributed by atoms with Crippen molar-refractivity contribution in [2.24, 2.45) is 5.92 Å². The maximum atomic E-state index is 12.0. The van der Waals surface area contributed by atoms with Gasteiger partial charge in [0.05, 0.1) is 7.11 Å². The number of urea groups is 1. The van der Waals surface area contributed by atoms with Crippen molar-refractivity contribution in [1.82, 2.24) is 5.32 Å². The van der Waals surface area contributed by atoms with Crippen molar-refractivity contribution in [2.75, 3.05) is 19.2 Å². The third-order valence-corrected chi connectivity index (χ3v) is 3.13. The molecule has 2 N–H and O–H groups in total. The van der Waals surface area contributed by atoms with Crippen LogP contribution in [-0.4, -0.2) is 31.9 Å². The van der Waals surface area contributed by atoms with Crippen molar-refractivity contribution >= 4 is 17.7 Å². The Labute approximate surface area is 128 Å². The maximum absolute atomic E-state index is 12.0. The first-order valence-corrected chi connectivity index (χ1v) is 7.04. The summed E-state index contributed by atoms with van der Waals surface area (Å²) in [6, 6.07) is 3.92. The van der Waals surface area contributed by atoms with Crippen LogP contribution in [0, 0.1) is 5.92 Å². The SMILES string of the molecule is COC(=O)C(CC(C)C)NC(=O)Nc1ccc2c(c1)OCO2. The number of amides is 2. The summed E-state index contributed by atoms with van der Waals surface area (Å²) in [6.45, 7) is 4.10. The summed E-state index contributed by atoms with van der Waals surface area (Å²) >= 11 is 0. The molecular weight excluding hydrogens is 288 g/mol. The molecule has 2 amide bonds. The summed E-state index contributed by atoms with van der Waals surface area (Å²) < 4.78 is 15.1. The number of anilines is 1. The molecule has 2 rings (SSSR count). The normalized spacial score (nSPS) is 13.6. The number of methoxy groups -OCH3 is 1. The number of fused-ring (bicyclic) bond motifs is 1. The third-order valence-electron chi connectivity index (χ3n) is 3.13. The van der Waals surface area contributed by atoms with Gasteiger partial charge in [-0.15, -0.1) is 0 Å². The van der Waals surface area contributed by atoms with E-state index in [-0.39, 0.29) is 12.7 Å². The van der Waals surface area contributed by atoms with Gasteiger partial charge in [0.15, 0.2) is 11.5 Å². The van der Waals surface area contributed by atoms with E-state index in [1.54, 1.807) is 18.2 Å². The number of ether oxygens (including phenoxy) is 3. The number of hydrogen-bond donors (Lipinski definition) is 2. The fraction of sp³-hybridized carbons (Fsp3) is 0.467. The third kappa shape index (κ3) is 4.03. The van der Waals surface area contributed by atoms with E-state index in [1.807, 2.05) is 13.8 Å². The van der Waals surface area contributed by atoms with Crippen molar-refractivity contribution in [1.29, 1.82) is 0 Å². The molecule has 0 bridgehead atoms. The van der Waals surface area contributed by atoms with Crippen molar-refractivity contribution < 1.29 is 23.8 Å². The van der Waals surface area contributed by atoms with Gasteiger partial charge in [0.2, 0.25) is 6.79 Å². The van der Waals surface area contributed by atoms with E-state index in [0.717, 1.165) is 0 Å². The number of esters is 1. The average Bonchev–Trinajstić information content (AvgIpc) is 2.92. The minimum absolute atomic E-state index is 0.170. The molecule has 1 unspecified atom stereocenters. The number of carbonyl (C=O) groups excluding carboxylic acids is 2. The summed E-state index contributed by atoms with van der Waals surface area (Å²) in [7, 11) is 1.30. The molecule has 1 aromatic rings. The second-order valence-electron chi connectivity index (χ2n) is 5.37. The topological polar surface area (TPSA) is 85.9 Å². The van der Waals surface area contributed by atoms with E-state index in [4.69, 9.17) is 14.2 Å². The lowest BCUT2D eigenvalue weighted by Crippen LogP contribution is -2.44. The second kappa shape index (κ2) is 7.02. The Morgan fingerprint density at radius 2 is 2.00 bits per heavy atom. The summed E-state index contributed by atoms with van der Waals surface area (Å²) in [6.07, 6.45) is 0.501. The number of nitrogens with one attached hydrogen (secondary N) is 2. The smallest absolute Gasteiger partial charge is 0.328 e. The average molecular weight is 308 g/mol. The van der Waals surface area contributed by atoms with Crippen LogP contribution < -0.4 is 20.1 Å². The first kappa shape index (κ1) is 15.9. The molecule has 0 aliphatic carbocycles. The first-order valence-electron chi connectivity index (χ1n) is 7.04. The predicted octanol–water partition coefficient (Wildman–Crippen LogP) is 2.12. The zero-order chi connectivity index (χ0) is 16.1. The van der Waals surface area contributed by atoms with E-state index >= 15 is 0 Å². The lowest BCUT2D eigenvalue weighted by atomic mass is 10.0. The highest BCUT2D eigenvalue weighted by Crippen LogP contribution is 2.34. The first-order chi connectivity index (χ1) is 10.5. The molecule has 0 radical (unpaired) electrons. The van der Waals surface area contributed by atoms with Crippen molar-refractivity contribution in [3.8, 4) is 11.5 Å². The van der Waals surface area contributed by atoms with Crippen LogP contribution in [-0.2, 0) is 9.53 Å². The molecule has 7 nitrogen and oxygen atoms in total. The molecule has 1 aromatic carbocycles. The molecule has 0 saturated carbocycles. The van der Waals surface area contributed by atoms with Crippen molar-refractivity contribution in [3.05, 3.63) is 18.2 Å². The highest BCUT2D eigenvalue weighted by atomic mass is 16.7. The summed E-state index contributed by atoms with van der Waals surface area (Å²) in [5.74, 6) is 0.993. The van der Waals surface area contributed by atoms with Gasteiger partial charge in [-0.3, -0.25) is 0 Å². The molecule has 1 heterocycles. The van der Waals surface area contributed by atoms with E-state index < -0.39 is 18.0 Å². The van der Waals surface area contributed by atoms with E-state index in [0.29, 0.717) is 23.6 Å². The molecule has 0 aromatic heterocycles. The molecule has 0 spiro atoms. The largest absolute Gasteiger partial charge is 0.467 e. The highest BCUT2D eigenvalue weighted by molar-refractivity contribution is 5.92. The van der Waals surface area contributed by atoms with E-state index in [2.05, 4.69) is 10.6 Å². The monoisotopic (exact) mass is 308 g/mol. The Morgan fingerprint density at radius 1 is 1.27 bits per heavy atom. The van der Waals surface area contributed by atoms with E-state index in [9.17, 15) is 9.59 Å². The van der Waals surface area contributed by atoms with Crippen LogP contribution in [0.3, 0.4) is 0 Å². The Kier molecular flexibility index (Phi) is 5.08. The van der Waals surface area contributed by atoms with Gasteiger partial charge in [-0.2, -0.15) is 0 Å². The molecule has 1 aliphatic heterocycles. The minimum atomic E-state index is -0.681. The van der Waals surface area contributed by atoms with Crippen LogP contribution in [0.5, 0.6) is 11.5 Å². The van der Waals surface area contributed by atoms with Gasteiger partial charge in [0, 0.05) is 11.8 Å². The lowest BCUT2D eigenvalue weighted by molar-refractivity contribution is -0.143. The van der Waals surface area contributed by atoms with Crippen molar-refractivity contribution in [3.63, 3.8) is 0 Å². The second-order valence-corrected chi connectivity index (χ2v) is 5.37. The van der Waals surface area contributed by atoms with Gasteiger partial charge in [0.25, 0.3) is 0 Å². The lowest BCUT2D eigenvalue weighted by Gasteiger charge is -2.18. The quantitative estimate of drug-likeness (QED) is 0.814. The molecule has 120 valence electrons. The van der Waals surface area contributed by atoms with Crippen LogP contribution in [0.15, 0.2) is 18.2 Å². The molecule has 1 aliphatic rings. The summed E-state index contributed by atoms with van der Waals surface area (Å²) in [4.78, 5) is 23.7. The zero-order valence-electron chi connectivity index (χ0n) is 12.8. The molecular formula is C15H20N2O5. The molecule has 7 heteroatoms. The fourth-order valence-electron chi connectivity index (χ4n) is 2.13. The molecule has 0 fully saturated rings. The summed E-state index contributed by atoms with van der Waals surface area (Å²) in [5.41, 5.74) is 0.551. The van der Waals surface area contributed by atoms with Gasteiger partial charge < -0.3 is 24.8 Å². The van der Waals surface area contributed by atoms with Crippen LogP contribution in [0.1, 0.15) is 20.3 Å². The Morgan fingerprint density at radius 3 is 2.68 bits per heavy atom. The van der Waals surface area contributed by atoms with Gasteiger partial charge in [-0.25, -0.2) is 9.59 Å². The van der Waals surface area contributed by atoms with Gasteiger partial charge in [-0.1, -0.05) is 13.8 Å². The van der Waals surface area contributed by atoms with Crippen LogP contribution in [0.4, 0.5) is 10.5 Å². The number of carbonyl (C=O) groups is 2. The van der Waals surface area contributed by atoms with Crippen LogP contribution in [0.2, 0.25) is 0 Å². The van der Waals surface area contributed by atoms with Gasteiger partial charge in [0.1, 0.15) is 6.04 Å². The summed E-state index contributed by atoms with van der Waals surface area (Å²) in [5, 5.41) is 5.28. The minimum Gasteiger partial charge on any atom is -0.467 e. The Bertz CT molecular complexity index is 559. The van der Waals surface area contributed by atoms with Crippen LogP contribution >= 0.6 is 0 Å². The number of hydrogen-bond acceptors (Lipinski definition) is 5. The Balaban J connectivity index is 1.97. The Hall–Kier alpha value is -2.44. The highest BCUT2D eigenvalue weighted by Gasteiger charge is 2.23. The molecule has 1 atom stereocenters. The molecule has 0 saturated heterocycles. The van der Waals surface area contributed by atoms with Gasteiger partial charge in [-0.05, 0) is 24.5 Å². The van der Waals surface area contributed by atoms with Crippen LogP contribution in [0.25, 0.3) is 0 Å². The maximum Gasteiger partial charge on any atom is 0.328 e. The zero-order valence-corrected chi connectivity index (χ0v) is 12.8.